The van der Waals surface area contributed by atoms with Crippen LogP contribution in [-0.4, -0.2) is 91.7 Å². The van der Waals surface area contributed by atoms with Crippen molar-refractivity contribution >= 4 is 85.0 Å². The monoisotopic (exact) mass is 1790 g/mol. The number of carbonyl (C=O) groups excluding carboxylic acids is 9. The van der Waals surface area contributed by atoms with E-state index in [1.807, 2.05) is 98.8 Å². The molecule has 27 heteroatoms. The molecule has 129 heavy (non-hydrogen) atoms. The van der Waals surface area contributed by atoms with Crippen molar-refractivity contribution < 1.29 is 85.8 Å². The topological polar surface area (TPSA) is 314 Å². The Hall–Kier alpha value is -15.3. The predicted molar refractivity (Wildman–Crippen MR) is 487 cm³/mol. The summed E-state index contributed by atoms with van der Waals surface area (Å²) in [4.78, 5) is 132. The lowest BCUT2D eigenvalue weighted by atomic mass is 9.99. The van der Waals surface area contributed by atoms with Crippen molar-refractivity contribution in [3.05, 3.63) is 464 Å². The van der Waals surface area contributed by atoms with E-state index in [9.17, 15) is 43.2 Å². The molecule has 0 spiro atoms. The highest BCUT2D eigenvalue weighted by atomic mass is 35.5. The van der Waals surface area contributed by atoms with Crippen LogP contribution in [0.25, 0.3) is 0 Å². The van der Waals surface area contributed by atoms with Gasteiger partial charge in [0.15, 0.2) is 0 Å². The molecule has 14 rings (SSSR count). The normalized spacial score (nSPS) is 10.4. The standard InChI is InChI=1S/3C21H17NO4.C15H15NO2.C13H9Cl2NO2.C11H17NO2Si/c23-20(16-8-3-1-4-9-16)25-14-18-12-7-13-22-19(18)15-26-21(24)17-10-5-2-6-11-17;23-20(16-8-3-1-4-9-16)25-14-18-12-7-13-19(22-18)15-26-21(24)17-10-5-2-6-11-17;23-20(17-7-3-1-4-8-17)25-14-16-11-12-22-19(13-16)15-26-21(24)18-9-5-2-6-10-18;1-15(2,13-8-10-16-11-9-13)18-14(17)12-6-4-3-5-7-12;14-11-6-16-7-12(15)10(11)8-18-13(17)9-4-2-1-3-5-9;1-15(2,3)9-11(13)14-8-10-4-6-12-7-5-10/h3*1-13H,14-15H2;3-11H,1-2H3;1-7H,8H2;4-7H,8-9H2,1-3H3. The van der Waals surface area contributed by atoms with E-state index in [2.05, 4.69) is 49.5 Å². The summed E-state index contributed by atoms with van der Waals surface area (Å²) in [5.74, 6) is -3.29. The number of carbonyl (C=O) groups is 9. The zero-order chi connectivity index (χ0) is 91.9. The maximum atomic E-state index is 12.1. The molecule has 0 N–H and O–H groups in total. The summed E-state index contributed by atoms with van der Waals surface area (Å²) in [5.41, 5.74) is 9.51. The molecule has 8 aromatic carbocycles. The smallest absolute Gasteiger partial charge is 0.338 e. The molecular formula is C102H92Cl2N6O18Si. The van der Waals surface area contributed by atoms with E-state index in [0.29, 0.717) is 101 Å². The van der Waals surface area contributed by atoms with Crippen LogP contribution < -0.4 is 0 Å². The molecule has 0 aliphatic carbocycles. The average Bonchev–Trinajstić information content (AvgIpc) is 0.833. The van der Waals surface area contributed by atoms with Gasteiger partial charge in [-0.2, -0.15) is 0 Å². The first-order chi connectivity index (χ1) is 62.4. The van der Waals surface area contributed by atoms with Crippen LogP contribution in [0.3, 0.4) is 0 Å². The van der Waals surface area contributed by atoms with Gasteiger partial charge in [-0.25, -0.2) is 38.4 Å². The van der Waals surface area contributed by atoms with Crippen LogP contribution in [0.5, 0.6) is 0 Å². The second kappa shape index (κ2) is 52.5. The van der Waals surface area contributed by atoms with Gasteiger partial charge in [-0.05, 0) is 182 Å². The third kappa shape index (κ3) is 35.3. The van der Waals surface area contributed by atoms with Gasteiger partial charge in [0.2, 0.25) is 0 Å². The van der Waals surface area contributed by atoms with Gasteiger partial charge in [0.25, 0.3) is 0 Å². The van der Waals surface area contributed by atoms with E-state index in [0.717, 1.165) is 16.7 Å². The Kier molecular flexibility index (Phi) is 39.6. The molecule has 0 fully saturated rings. The number of pyridine rings is 6. The number of ether oxygens (including phenoxy) is 9. The number of rotatable bonds is 28. The van der Waals surface area contributed by atoms with Crippen LogP contribution in [0.2, 0.25) is 35.7 Å². The first-order valence-corrected chi connectivity index (χ1v) is 44.8. The highest BCUT2D eigenvalue weighted by Crippen LogP contribution is 2.27. The van der Waals surface area contributed by atoms with Gasteiger partial charge in [-0.3, -0.25) is 34.7 Å². The van der Waals surface area contributed by atoms with Crippen molar-refractivity contribution in [3.8, 4) is 0 Å². The van der Waals surface area contributed by atoms with Crippen LogP contribution >= 0.6 is 23.2 Å². The fourth-order valence-corrected chi connectivity index (χ4v) is 12.5. The molecule has 6 aromatic heterocycles. The number of esters is 9. The van der Waals surface area contributed by atoms with Crippen molar-refractivity contribution in [3.63, 3.8) is 0 Å². The van der Waals surface area contributed by atoms with Crippen LogP contribution in [0.15, 0.2) is 359 Å². The summed E-state index contributed by atoms with van der Waals surface area (Å²) in [6.45, 7) is 10.9. The zero-order valence-corrected chi connectivity index (χ0v) is 73.7. The molecule has 0 saturated carbocycles. The molecule has 0 aliphatic heterocycles. The third-order valence-electron chi connectivity index (χ3n) is 17.8. The summed E-state index contributed by atoms with van der Waals surface area (Å²) in [6, 6.07) is 90.5. The molecule has 0 bridgehead atoms. The van der Waals surface area contributed by atoms with Gasteiger partial charge < -0.3 is 42.6 Å². The highest BCUT2D eigenvalue weighted by Gasteiger charge is 2.27. The summed E-state index contributed by atoms with van der Waals surface area (Å²) in [7, 11) is -1.35. The minimum absolute atomic E-state index is 0.00673. The van der Waals surface area contributed by atoms with Gasteiger partial charge in [0, 0.05) is 66.7 Å². The Balaban J connectivity index is 0.000000177. The quantitative estimate of drug-likeness (QED) is 0.0250. The van der Waals surface area contributed by atoms with E-state index in [4.69, 9.17) is 65.8 Å². The molecular weight excluding hydrogens is 1700 g/mol. The first kappa shape index (κ1) is 97.5. The van der Waals surface area contributed by atoms with Crippen LogP contribution in [-0.2, 0) is 106 Å². The first-order valence-electron chi connectivity index (χ1n) is 40.3. The number of halogens is 2. The molecule has 0 amide bonds. The van der Waals surface area contributed by atoms with Crippen molar-refractivity contribution in [2.75, 3.05) is 0 Å². The molecule has 0 aliphatic rings. The lowest BCUT2D eigenvalue weighted by Crippen LogP contribution is -2.25. The zero-order valence-electron chi connectivity index (χ0n) is 71.2. The van der Waals surface area contributed by atoms with E-state index in [1.54, 1.807) is 262 Å². The van der Waals surface area contributed by atoms with Crippen molar-refractivity contribution in [1.82, 2.24) is 29.9 Å². The molecule has 24 nitrogen and oxygen atoms in total. The number of benzene rings is 8. The second-order valence-corrected chi connectivity index (χ2v) is 35.6. The Bertz CT molecular complexity index is 5490. The van der Waals surface area contributed by atoms with Crippen molar-refractivity contribution in [2.24, 2.45) is 0 Å². The summed E-state index contributed by atoms with van der Waals surface area (Å²) in [5, 5.41) is 0.756. The fourth-order valence-electron chi connectivity index (χ4n) is 11.1. The number of hydrogen-bond donors (Lipinski definition) is 0. The maximum Gasteiger partial charge on any atom is 0.338 e. The second-order valence-electron chi connectivity index (χ2n) is 29.3. The van der Waals surface area contributed by atoms with E-state index < -0.39 is 49.5 Å². The predicted octanol–water partition coefficient (Wildman–Crippen LogP) is 20.8. The average molecular weight is 1790 g/mol. The minimum Gasteiger partial charge on any atom is -0.461 e. The third-order valence-corrected chi connectivity index (χ3v) is 19.8. The molecule has 0 atom stereocenters. The van der Waals surface area contributed by atoms with Crippen LogP contribution in [0, 0.1) is 0 Å². The molecule has 0 saturated heterocycles. The Morgan fingerprint density at radius 2 is 0.636 bits per heavy atom. The SMILES string of the molecule is CC(C)(OC(=O)c1ccccc1)c1ccncc1.C[Si](C)(C)CC(=O)OCc1ccncc1.O=C(OCc1c(Cl)cncc1Cl)c1ccccc1.O=C(OCc1cccc(COC(=O)c2ccccc2)n1)c1ccccc1.O=C(OCc1cccnc1COC(=O)c1ccccc1)c1ccccc1.O=C(OCc1ccnc(COC(=O)c2ccccc2)c1)c1ccccc1. The minimum atomic E-state index is -1.35. The Morgan fingerprint density at radius 3 is 1.03 bits per heavy atom. The van der Waals surface area contributed by atoms with E-state index in [-0.39, 0.29) is 64.2 Å². The lowest BCUT2D eigenvalue weighted by molar-refractivity contribution is -0.142. The molecule has 0 unspecified atom stereocenters. The highest BCUT2D eigenvalue weighted by molar-refractivity contribution is 6.78. The van der Waals surface area contributed by atoms with Crippen molar-refractivity contribution in [2.45, 2.75) is 98.0 Å². The van der Waals surface area contributed by atoms with Gasteiger partial charge in [-0.15, -0.1) is 0 Å². The summed E-state index contributed by atoms with van der Waals surface area (Å²) in [6.07, 6.45) is 12.9. The number of nitrogens with zero attached hydrogens (tertiary/aromatic N) is 6. The molecule has 14 aromatic rings. The molecule has 6 heterocycles. The Morgan fingerprint density at radius 1 is 0.302 bits per heavy atom. The van der Waals surface area contributed by atoms with Crippen molar-refractivity contribution in [1.29, 1.82) is 0 Å². The fraction of sp³-hybridized carbons (Fsp3) is 0.147. The summed E-state index contributed by atoms with van der Waals surface area (Å²) >= 11 is 11.8. The largest absolute Gasteiger partial charge is 0.461 e. The van der Waals surface area contributed by atoms with E-state index in [1.165, 1.54) is 12.4 Å². The van der Waals surface area contributed by atoms with Gasteiger partial charge in [0.1, 0.15) is 58.5 Å². The summed E-state index contributed by atoms with van der Waals surface area (Å²) < 4.78 is 47.5. The number of aromatic nitrogens is 6. The van der Waals surface area contributed by atoms with E-state index >= 15 is 0 Å². The van der Waals surface area contributed by atoms with Gasteiger partial charge in [-0.1, -0.05) is 201 Å². The Labute approximate surface area is 758 Å². The van der Waals surface area contributed by atoms with Crippen LogP contribution in [0.4, 0.5) is 0 Å². The van der Waals surface area contributed by atoms with Gasteiger partial charge in [0.05, 0.1) is 85.4 Å². The van der Waals surface area contributed by atoms with Gasteiger partial charge >= 0.3 is 53.7 Å². The van der Waals surface area contributed by atoms with Crippen LogP contribution in [0.1, 0.15) is 147 Å². The maximum absolute atomic E-state index is 12.1. The molecule has 656 valence electrons. The molecule has 0 radical (unpaired) electrons. The number of hydrogen-bond acceptors (Lipinski definition) is 24. The lowest BCUT2D eigenvalue weighted by Gasteiger charge is -2.25.